The van der Waals surface area contributed by atoms with Crippen molar-refractivity contribution >= 4 is 22.8 Å². The van der Waals surface area contributed by atoms with Gasteiger partial charge in [0, 0.05) is 17.2 Å². The second-order valence-corrected chi connectivity index (χ2v) is 9.70. The number of rotatable bonds is 4. The van der Waals surface area contributed by atoms with Crippen LogP contribution in [0.25, 0.3) is 22.7 Å². The van der Waals surface area contributed by atoms with Gasteiger partial charge in [0.2, 0.25) is 11.9 Å². The molecule has 40 heavy (non-hydrogen) atoms. The first-order valence-corrected chi connectivity index (χ1v) is 12.7. The molecule has 4 heterocycles. The first-order chi connectivity index (χ1) is 19.5. The van der Waals surface area contributed by atoms with Crippen LogP contribution in [0, 0.1) is 13.8 Å². The number of ether oxygens (including phenoxy) is 1. The molecule has 196 valence electrons. The van der Waals surface area contributed by atoms with E-state index in [2.05, 4.69) is 20.5 Å². The summed E-state index contributed by atoms with van der Waals surface area (Å²) in [4.78, 5) is 34.4. The minimum absolute atomic E-state index is 0.156. The van der Waals surface area contributed by atoms with Gasteiger partial charge in [0.15, 0.2) is 5.65 Å². The smallest absolute Gasteiger partial charge is 0.263 e. The number of fused-ring (bicyclic) bond motifs is 3. The van der Waals surface area contributed by atoms with Gasteiger partial charge < -0.3 is 10.1 Å². The molecule has 1 aliphatic heterocycles. The average Bonchev–Trinajstić information content (AvgIpc) is 3.55. The highest BCUT2D eigenvalue weighted by Gasteiger charge is 2.33. The van der Waals surface area contributed by atoms with Crippen LogP contribution in [0.4, 0.5) is 5.82 Å². The van der Waals surface area contributed by atoms with E-state index >= 15 is 0 Å². The van der Waals surface area contributed by atoms with E-state index in [-0.39, 0.29) is 17.4 Å². The molecule has 0 atom stereocenters. The Morgan fingerprint density at radius 2 is 1.65 bits per heavy atom. The van der Waals surface area contributed by atoms with Crippen molar-refractivity contribution in [1.82, 2.24) is 29.5 Å². The highest BCUT2D eigenvalue weighted by molar-refractivity contribution is 5.99. The molecule has 0 radical (unpaired) electrons. The van der Waals surface area contributed by atoms with Crippen LogP contribution in [-0.4, -0.2) is 35.4 Å². The van der Waals surface area contributed by atoms with Gasteiger partial charge in [-0.25, -0.2) is 4.68 Å². The minimum atomic E-state index is -0.609. The van der Waals surface area contributed by atoms with Crippen LogP contribution < -0.4 is 15.6 Å². The molecule has 0 saturated carbocycles. The third-order valence-electron chi connectivity index (χ3n) is 6.90. The molecule has 3 aromatic carbocycles. The molecule has 3 aromatic heterocycles. The number of aromatic amines is 1. The number of nitrogens with one attached hydrogen (secondary N) is 2. The van der Waals surface area contributed by atoms with Gasteiger partial charge in [-0.2, -0.15) is 19.9 Å². The van der Waals surface area contributed by atoms with Crippen LogP contribution in [0.1, 0.15) is 28.3 Å². The van der Waals surface area contributed by atoms with Crippen molar-refractivity contribution in [3.63, 3.8) is 0 Å². The van der Waals surface area contributed by atoms with Crippen molar-refractivity contribution in [2.75, 3.05) is 5.32 Å². The fraction of sp³-hybridized carbons (Fsp3) is 0.100. The number of aryl methyl sites for hydroxylation is 2. The summed E-state index contributed by atoms with van der Waals surface area (Å²) in [6, 6.07) is 24.5. The summed E-state index contributed by atoms with van der Waals surface area (Å²) >= 11 is 0. The van der Waals surface area contributed by atoms with Crippen LogP contribution >= 0.6 is 0 Å². The summed E-state index contributed by atoms with van der Waals surface area (Å²) in [5, 5.41) is 12.3. The van der Waals surface area contributed by atoms with Crippen LogP contribution in [0.15, 0.2) is 89.9 Å². The second kappa shape index (κ2) is 9.05. The Labute approximate surface area is 227 Å². The summed E-state index contributed by atoms with van der Waals surface area (Å²) in [5.74, 6) is 0.912. The maximum Gasteiger partial charge on any atom is 0.263 e. The van der Waals surface area contributed by atoms with Gasteiger partial charge in [0.1, 0.15) is 22.7 Å². The Bertz CT molecular complexity index is 1960. The number of carbonyl (C=O) groups is 1. The molecule has 6 aromatic rings. The van der Waals surface area contributed by atoms with Gasteiger partial charge in [-0.15, -0.1) is 0 Å². The van der Waals surface area contributed by atoms with Gasteiger partial charge in [0.05, 0.1) is 23.5 Å². The first-order valence-electron chi connectivity index (χ1n) is 12.7. The largest absolute Gasteiger partial charge is 0.457 e. The van der Waals surface area contributed by atoms with Crippen LogP contribution in [0.5, 0.6) is 11.5 Å². The topological polar surface area (TPSA) is 120 Å². The van der Waals surface area contributed by atoms with Crippen LogP contribution in [0.3, 0.4) is 0 Å². The van der Waals surface area contributed by atoms with Gasteiger partial charge in [-0.1, -0.05) is 48.5 Å². The number of amides is 1. The van der Waals surface area contributed by atoms with E-state index in [1.165, 1.54) is 10.9 Å². The fourth-order valence-corrected chi connectivity index (χ4v) is 5.10. The molecule has 1 amide bonds. The lowest BCUT2D eigenvalue weighted by atomic mass is 9.87. The third-order valence-corrected chi connectivity index (χ3v) is 6.90. The predicted molar refractivity (Wildman–Crippen MR) is 150 cm³/mol. The number of H-pyrrole nitrogens is 1. The molecular weight excluding hydrogens is 506 g/mol. The normalized spacial score (nSPS) is 12.6. The predicted octanol–water partition coefficient (Wildman–Crippen LogP) is 4.79. The van der Waals surface area contributed by atoms with Crippen molar-refractivity contribution in [3.8, 4) is 23.1 Å². The summed E-state index contributed by atoms with van der Waals surface area (Å²) in [6.07, 6.45) is 1.49. The standard InChI is InChI=1S/C30H23N7O3/c1-17-8-7-9-19(14-17)36-27-22(16-31-36)28(38)34-30(33-27)37-25(15-18(2)35-37)32-29(39)26-20-10-3-5-12-23(20)40-24-13-6-4-11-21(24)26/h3-16,26H,1-2H3,(H,32,39)(H,33,34,38). The molecule has 2 N–H and O–H groups in total. The van der Waals surface area contributed by atoms with Crippen molar-refractivity contribution < 1.29 is 9.53 Å². The summed E-state index contributed by atoms with van der Waals surface area (Å²) < 4.78 is 9.10. The lowest BCUT2D eigenvalue weighted by Gasteiger charge is -2.27. The fourth-order valence-electron chi connectivity index (χ4n) is 5.10. The number of benzene rings is 3. The van der Waals surface area contributed by atoms with Gasteiger partial charge >= 0.3 is 0 Å². The van der Waals surface area contributed by atoms with E-state index < -0.39 is 5.92 Å². The monoisotopic (exact) mass is 529 g/mol. The molecule has 0 aliphatic carbocycles. The SMILES string of the molecule is Cc1cccc(-n2ncc3c(=O)[nH]c(-n4nc(C)cc4NC(=O)C4c5ccccc5Oc5ccccc54)nc32)c1. The van der Waals surface area contributed by atoms with E-state index in [9.17, 15) is 9.59 Å². The van der Waals surface area contributed by atoms with Crippen molar-refractivity contribution in [1.29, 1.82) is 0 Å². The van der Waals surface area contributed by atoms with E-state index in [0.717, 1.165) is 22.4 Å². The first kappa shape index (κ1) is 23.6. The molecule has 0 spiro atoms. The van der Waals surface area contributed by atoms with E-state index in [1.54, 1.807) is 17.7 Å². The molecule has 10 heteroatoms. The van der Waals surface area contributed by atoms with Crippen LogP contribution in [-0.2, 0) is 4.79 Å². The Morgan fingerprint density at radius 1 is 0.925 bits per heavy atom. The van der Waals surface area contributed by atoms with E-state index in [4.69, 9.17) is 9.72 Å². The molecule has 0 bridgehead atoms. The molecule has 7 rings (SSSR count). The van der Waals surface area contributed by atoms with Crippen molar-refractivity contribution in [3.05, 3.63) is 118 Å². The molecule has 10 nitrogen and oxygen atoms in total. The molecular formula is C30H23N7O3. The Morgan fingerprint density at radius 3 is 2.38 bits per heavy atom. The summed E-state index contributed by atoms with van der Waals surface area (Å²) in [7, 11) is 0. The number of para-hydroxylation sites is 2. The average molecular weight is 530 g/mol. The highest BCUT2D eigenvalue weighted by Crippen LogP contribution is 2.44. The lowest BCUT2D eigenvalue weighted by Crippen LogP contribution is -2.26. The minimum Gasteiger partial charge on any atom is -0.457 e. The number of nitrogens with zero attached hydrogens (tertiary/aromatic N) is 5. The highest BCUT2D eigenvalue weighted by atomic mass is 16.5. The maximum atomic E-state index is 13.9. The van der Waals surface area contributed by atoms with Crippen LogP contribution in [0.2, 0.25) is 0 Å². The Balaban J connectivity index is 1.30. The Hall–Kier alpha value is -5.51. The third kappa shape index (κ3) is 3.85. The van der Waals surface area contributed by atoms with Gasteiger partial charge in [-0.3, -0.25) is 14.6 Å². The number of carbonyl (C=O) groups excluding carboxylic acids is 1. The van der Waals surface area contributed by atoms with Gasteiger partial charge in [-0.05, 0) is 43.7 Å². The molecule has 0 fully saturated rings. The zero-order valence-corrected chi connectivity index (χ0v) is 21.6. The number of aromatic nitrogens is 6. The maximum absolute atomic E-state index is 13.9. The zero-order valence-electron chi connectivity index (χ0n) is 21.6. The molecule has 1 aliphatic rings. The number of hydrogen-bond acceptors (Lipinski definition) is 6. The number of hydrogen-bond donors (Lipinski definition) is 2. The van der Waals surface area contributed by atoms with E-state index in [1.807, 2.05) is 79.7 Å². The second-order valence-electron chi connectivity index (χ2n) is 9.70. The molecule has 0 saturated heterocycles. The van der Waals surface area contributed by atoms with Crippen molar-refractivity contribution in [2.45, 2.75) is 19.8 Å². The summed E-state index contributed by atoms with van der Waals surface area (Å²) in [6.45, 7) is 3.79. The lowest BCUT2D eigenvalue weighted by molar-refractivity contribution is -0.116. The zero-order chi connectivity index (χ0) is 27.4. The quantitative estimate of drug-likeness (QED) is 0.339. The van der Waals surface area contributed by atoms with Crippen molar-refractivity contribution in [2.24, 2.45) is 0 Å². The number of anilines is 1. The van der Waals surface area contributed by atoms with E-state index in [0.29, 0.717) is 34.0 Å². The summed E-state index contributed by atoms with van der Waals surface area (Å²) in [5.41, 5.74) is 4.00. The van der Waals surface area contributed by atoms with Gasteiger partial charge in [0.25, 0.3) is 5.56 Å². The molecule has 0 unspecified atom stereocenters. The Kier molecular flexibility index (Phi) is 5.34.